The first-order chi connectivity index (χ1) is 9.72. The molecule has 0 saturated carbocycles. The summed E-state index contributed by atoms with van der Waals surface area (Å²) in [4.78, 5) is 0. The number of rotatable bonds is 4. The molecule has 20 heavy (non-hydrogen) atoms. The number of benzene rings is 2. The molecule has 2 aromatic carbocycles. The fourth-order valence-corrected chi connectivity index (χ4v) is 2.51. The molecule has 0 atom stereocenters. The fourth-order valence-electron chi connectivity index (χ4n) is 2.05. The average Bonchev–Trinajstić information content (AvgIpc) is 2.88. The van der Waals surface area contributed by atoms with Gasteiger partial charge < -0.3 is 19.9 Å². The Labute approximate surface area is 125 Å². The molecule has 1 aliphatic rings. The molecule has 0 fully saturated rings. The number of halogens is 1. The minimum Gasteiger partial charge on any atom is -0.508 e. The first kappa shape index (κ1) is 13.3. The normalized spacial score (nSPS) is 12.7. The second kappa shape index (κ2) is 5.73. The number of fused-ring (bicyclic) bond motifs is 1. The predicted molar refractivity (Wildman–Crippen MR) is 78.9 cm³/mol. The van der Waals surface area contributed by atoms with Crippen molar-refractivity contribution in [3.8, 4) is 17.2 Å². The summed E-state index contributed by atoms with van der Waals surface area (Å²) in [6.07, 6.45) is 0. The van der Waals surface area contributed by atoms with Crippen molar-refractivity contribution in [2.45, 2.75) is 13.1 Å². The summed E-state index contributed by atoms with van der Waals surface area (Å²) in [5.41, 5.74) is 2.24. The number of hydrogen-bond acceptors (Lipinski definition) is 4. The van der Waals surface area contributed by atoms with Gasteiger partial charge in [-0.1, -0.05) is 28.1 Å². The lowest BCUT2D eigenvalue weighted by atomic mass is 10.2. The molecule has 104 valence electrons. The second-order valence-corrected chi connectivity index (χ2v) is 5.42. The van der Waals surface area contributed by atoms with Gasteiger partial charge in [-0.15, -0.1) is 0 Å². The molecule has 0 aromatic heterocycles. The van der Waals surface area contributed by atoms with Crippen molar-refractivity contribution in [2.75, 3.05) is 6.79 Å². The smallest absolute Gasteiger partial charge is 0.231 e. The van der Waals surface area contributed by atoms with Crippen molar-refractivity contribution < 1.29 is 14.6 Å². The van der Waals surface area contributed by atoms with Crippen molar-refractivity contribution in [2.24, 2.45) is 0 Å². The number of phenols is 1. The van der Waals surface area contributed by atoms with Crippen LogP contribution >= 0.6 is 15.9 Å². The topological polar surface area (TPSA) is 50.7 Å². The summed E-state index contributed by atoms with van der Waals surface area (Å²) in [5.74, 6) is 1.85. The lowest BCUT2D eigenvalue weighted by molar-refractivity contribution is 0.174. The molecule has 0 bridgehead atoms. The average molecular weight is 336 g/mol. The van der Waals surface area contributed by atoms with Crippen LogP contribution in [0.25, 0.3) is 0 Å². The number of phenolic OH excluding ortho intramolecular Hbond substituents is 1. The van der Waals surface area contributed by atoms with E-state index in [4.69, 9.17) is 9.47 Å². The Bertz CT molecular complexity index is 613. The molecule has 1 heterocycles. The van der Waals surface area contributed by atoms with E-state index >= 15 is 0 Å². The molecular weight excluding hydrogens is 322 g/mol. The van der Waals surface area contributed by atoms with E-state index in [2.05, 4.69) is 21.2 Å². The molecule has 0 amide bonds. The van der Waals surface area contributed by atoms with Gasteiger partial charge in [-0.25, -0.2) is 0 Å². The van der Waals surface area contributed by atoms with Crippen molar-refractivity contribution in [3.63, 3.8) is 0 Å². The van der Waals surface area contributed by atoms with E-state index in [0.29, 0.717) is 0 Å². The van der Waals surface area contributed by atoms with E-state index < -0.39 is 0 Å². The van der Waals surface area contributed by atoms with Gasteiger partial charge in [-0.05, 0) is 35.4 Å². The maximum Gasteiger partial charge on any atom is 0.231 e. The molecule has 0 aliphatic carbocycles. The van der Waals surface area contributed by atoms with Gasteiger partial charge in [0.25, 0.3) is 0 Å². The molecule has 5 heteroatoms. The van der Waals surface area contributed by atoms with Crippen LogP contribution < -0.4 is 14.8 Å². The summed E-state index contributed by atoms with van der Waals surface area (Å²) >= 11 is 3.54. The monoisotopic (exact) mass is 335 g/mol. The van der Waals surface area contributed by atoms with E-state index in [9.17, 15) is 5.11 Å². The molecule has 0 spiro atoms. The highest BCUT2D eigenvalue weighted by Crippen LogP contribution is 2.36. The highest BCUT2D eigenvalue weighted by atomic mass is 79.9. The van der Waals surface area contributed by atoms with E-state index in [1.54, 1.807) is 12.1 Å². The summed E-state index contributed by atoms with van der Waals surface area (Å²) in [6, 6.07) is 11.1. The quantitative estimate of drug-likeness (QED) is 0.901. The van der Waals surface area contributed by atoms with Crippen LogP contribution in [-0.2, 0) is 13.1 Å². The lowest BCUT2D eigenvalue weighted by Gasteiger charge is -2.08. The van der Waals surface area contributed by atoms with Crippen LogP contribution in [0.5, 0.6) is 17.2 Å². The Morgan fingerprint density at radius 1 is 1.05 bits per heavy atom. The highest BCUT2D eigenvalue weighted by molar-refractivity contribution is 9.10. The highest BCUT2D eigenvalue weighted by Gasteiger charge is 2.15. The van der Waals surface area contributed by atoms with E-state index in [-0.39, 0.29) is 12.5 Å². The third-order valence-corrected chi connectivity index (χ3v) is 3.86. The van der Waals surface area contributed by atoms with Gasteiger partial charge in [0.1, 0.15) is 5.75 Å². The van der Waals surface area contributed by atoms with Gasteiger partial charge in [0, 0.05) is 17.6 Å². The van der Waals surface area contributed by atoms with Crippen LogP contribution in [0.1, 0.15) is 11.1 Å². The van der Waals surface area contributed by atoms with E-state index in [0.717, 1.165) is 40.2 Å². The third-order valence-electron chi connectivity index (χ3n) is 3.12. The molecule has 1 aliphatic heterocycles. The third kappa shape index (κ3) is 2.89. The molecule has 4 nitrogen and oxygen atoms in total. The second-order valence-electron chi connectivity index (χ2n) is 4.57. The van der Waals surface area contributed by atoms with Gasteiger partial charge in [-0.3, -0.25) is 0 Å². The SMILES string of the molecule is Oc1ccc(CNCc2cc3c(cc2Br)OCO3)cc1. The van der Waals surface area contributed by atoms with Crippen LogP contribution in [0, 0.1) is 0 Å². The zero-order chi connectivity index (χ0) is 13.9. The largest absolute Gasteiger partial charge is 0.508 e. The van der Waals surface area contributed by atoms with E-state index in [1.807, 2.05) is 24.3 Å². The molecule has 0 saturated heterocycles. The summed E-state index contributed by atoms with van der Waals surface area (Å²) < 4.78 is 11.7. The van der Waals surface area contributed by atoms with Gasteiger partial charge in [0.2, 0.25) is 6.79 Å². The van der Waals surface area contributed by atoms with E-state index in [1.165, 1.54) is 0 Å². The zero-order valence-electron chi connectivity index (χ0n) is 10.7. The molecule has 3 rings (SSSR count). The molecule has 2 N–H and O–H groups in total. The van der Waals surface area contributed by atoms with Gasteiger partial charge >= 0.3 is 0 Å². The maximum absolute atomic E-state index is 9.23. The Morgan fingerprint density at radius 2 is 1.75 bits per heavy atom. The van der Waals surface area contributed by atoms with Crippen molar-refractivity contribution in [1.82, 2.24) is 5.32 Å². The van der Waals surface area contributed by atoms with Crippen molar-refractivity contribution >= 4 is 15.9 Å². The zero-order valence-corrected chi connectivity index (χ0v) is 12.3. The van der Waals surface area contributed by atoms with Crippen molar-refractivity contribution in [3.05, 3.63) is 52.0 Å². The van der Waals surface area contributed by atoms with Crippen LogP contribution in [0.3, 0.4) is 0 Å². The Kier molecular flexibility index (Phi) is 3.80. The van der Waals surface area contributed by atoms with Crippen LogP contribution in [0.2, 0.25) is 0 Å². The summed E-state index contributed by atoms with van der Waals surface area (Å²) in [5, 5.41) is 12.6. The Balaban J connectivity index is 1.62. The van der Waals surface area contributed by atoms with Crippen LogP contribution in [0.15, 0.2) is 40.9 Å². The van der Waals surface area contributed by atoms with Crippen LogP contribution in [-0.4, -0.2) is 11.9 Å². The maximum atomic E-state index is 9.23. The number of aromatic hydroxyl groups is 1. The Hall–Kier alpha value is -1.72. The first-order valence-corrected chi connectivity index (χ1v) is 7.08. The molecule has 2 aromatic rings. The van der Waals surface area contributed by atoms with Gasteiger partial charge in [0.05, 0.1) is 0 Å². The Morgan fingerprint density at radius 3 is 2.50 bits per heavy atom. The summed E-state index contributed by atoms with van der Waals surface area (Å²) in [6.45, 7) is 1.74. The van der Waals surface area contributed by atoms with Gasteiger partial charge in [0.15, 0.2) is 11.5 Å². The number of ether oxygens (including phenoxy) is 2. The van der Waals surface area contributed by atoms with Crippen molar-refractivity contribution in [1.29, 1.82) is 0 Å². The molecular formula is C15H14BrNO3. The fraction of sp³-hybridized carbons (Fsp3) is 0.200. The van der Waals surface area contributed by atoms with Gasteiger partial charge in [-0.2, -0.15) is 0 Å². The number of nitrogens with one attached hydrogen (secondary N) is 1. The molecule has 0 unspecified atom stereocenters. The number of hydrogen-bond donors (Lipinski definition) is 2. The molecule has 0 radical (unpaired) electrons. The van der Waals surface area contributed by atoms with Crippen LogP contribution in [0.4, 0.5) is 0 Å². The lowest BCUT2D eigenvalue weighted by Crippen LogP contribution is -2.12. The standard InChI is InChI=1S/C15H14BrNO3/c16-13-6-15-14(19-9-20-15)5-11(13)8-17-7-10-1-3-12(18)4-2-10/h1-6,17-18H,7-9H2. The predicted octanol–water partition coefficient (Wildman–Crippen LogP) is 3.17. The first-order valence-electron chi connectivity index (χ1n) is 6.29. The minimum absolute atomic E-state index is 0.284. The summed E-state index contributed by atoms with van der Waals surface area (Å²) in [7, 11) is 0. The minimum atomic E-state index is 0.284.